The van der Waals surface area contributed by atoms with Gasteiger partial charge in [0.25, 0.3) is 0 Å². The number of carbonyl (C=O) groups is 2. The van der Waals surface area contributed by atoms with E-state index in [1.807, 2.05) is 20.8 Å². The van der Waals surface area contributed by atoms with Gasteiger partial charge in [-0.3, -0.25) is 13.9 Å². The minimum Gasteiger partial charge on any atom is -0.497 e. The molecule has 12 heteroatoms. The van der Waals surface area contributed by atoms with E-state index in [0.717, 1.165) is 10.6 Å². The molecule has 1 N–H and O–H groups in total. The summed E-state index contributed by atoms with van der Waals surface area (Å²) in [4.78, 5) is 28.5. The number of anilines is 1. The van der Waals surface area contributed by atoms with E-state index in [-0.39, 0.29) is 30.3 Å². The van der Waals surface area contributed by atoms with Crippen LogP contribution in [0.1, 0.15) is 39.7 Å². The lowest BCUT2D eigenvalue weighted by Gasteiger charge is -2.35. The van der Waals surface area contributed by atoms with Gasteiger partial charge in [-0.05, 0) is 57.0 Å². The lowest BCUT2D eigenvalue weighted by molar-refractivity contribution is -0.141. The van der Waals surface area contributed by atoms with Crippen molar-refractivity contribution in [3.05, 3.63) is 52.0 Å². The van der Waals surface area contributed by atoms with Crippen LogP contribution in [0.15, 0.2) is 36.4 Å². The van der Waals surface area contributed by atoms with Gasteiger partial charge in [0, 0.05) is 28.2 Å². The molecule has 0 spiro atoms. The van der Waals surface area contributed by atoms with E-state index in [1.54, 1.807) is 37.3 Å². The van der Waals surface area contributed by atoms with Crippen molar-refractivity contribution in [2.24, 2.45) is 0 Å². The summed E-state index contributed by atoms with van der Waals surface area (Å²) in [7, 11) is -1.13. The summed E-state index contributed by atoms with van der Waals surface area (Å²) in [6.45, 7) is 6.64. The van der Waals surface area contributed by atoms with E-state index < -0.39 is 34.1 Å². The van der Waals surface area contributed by atoms with Crippen LogP contribution in [0.2, 0.25) is 10.0 Å². The zero-order chi connectivity index (χ0) is 28.8. The maximum atomic E-state index is 13.9. The highest BCUT2D eigenvalue weighted by atomic mass is 35.5. The van der Waals surface area contributed by atoms with Crippen molar-refractivity contribution in [2.75, 3.05) is 31.3 Å². The molecule has 0 radical (unpaired) electrons. The molecule has 0 unspecified atom stereocenters. The standard InChI is InChI=1S/C26H35Cl2N3O6S/c1-8-21(25(33)29-26(2,3)4)30(15-17-9-10-18(27)13-20(17)28)24(32)16-31(38(7,34)35)22-14-19(36-5)11-12-23(22)37-6/h9-14,21H,8,15-16H2,1-7H3,(H,29,33)/t21-/m1/s1. The molecule has 0 bridgehead atoms. The van der Waals surface area contributed by atoms with Gasteiger partial charge in [-0.2, -0.15) is 0 Å². The van der Waals surface area contributed by atoms with E-state index >= 15 is 0 Å². The first-order valence-electron chi connectivity index (χ1n) is 11.9. The molecule has 0 aliphatic carbocycles. The molecule has 2 amide bonds. The fourth-order valence-corrected chi connectivity index (χ4v) is 5.11. The second-order valence-electron chi connectivity index (χ2n) is 9.73. The molecule has 0 fully saturated rings. The molecule has 9 nitrogen and oxygen atoms in total. The quantitative estimate of drug-likeness (QED) is 0.415. The maximum absolute atomic E-state index is 13.9. The monoisotopic (exact) mass is 587 g/mol. The minimum atomic E-state index is -3.97. The van der Waals surface area contributed by atoms with Crippen LogP contribution in [0.4, 0.5) is 5.69 Å². The molecule has 0 aromatic heterocycles. The van der Waals surface area contributed by atoms with Gasteiger partial charge in [-0.1, -0.05) is 36.2 Å². The van der Waals surface area contributed by atoms with Gasteiger partial charge in [0.15, 0.2) is 0 Å². The first-order valence-corrected chi connectivity index (χ1v) is 14.5. The van der Waals surface area contributed by atoms with Gasteiger partial charge >= 0.3 is 0 Å². The lowest BCUT2D eigenvalue weighted by Crippen LogP contribution is -2.55. The largest absolute Gasteiger partial charge is 0.497 e. The number of rotatable bonds is 11. The normalized spacial score (nSPS) is 12.4. The molecule has 2 aromatic rings. The van der Waals surface area contributed by atoms with Gasteiger partial charge in [0.2, 0.25) is 21.8 Å². The number of hydrogen-bond donors (Lipinski definition) is 1. The van der Waals surface area contributed by atoms with Crippen molar-refractivity contribution in [1.29, 1.82) is 0 Å². The molecule has 1 atom stereocenters. The molecule has 2 rings (SSSR count). The molecule has 38 heavy (non-hydrogen) atoms. The average Bonchev–Trinajstić information content (AvgIpc) is 2.81. The van der Waals surface area contributed by atoms with Crippen molar-refractivity contribution in [1.82, 2.24) is 10.2 Å². The summed E-state index contributed by atoms with van der Waals surface area (Å²) in [6, 6.07) is 8.57. The molecule has 2 aromatic carbocycles. The Balaban J connectivity index is 2.58. The number of amides is 2. The van der Waals surface area contributed by atoms with Crippen molar-refractivity contribution in [3.8, 4) is 11.5 Å². The summed E-state index contributed by atoms with van der Waals surface area (Å²) >= 11 is 12.4. The first kappa shape index (κ1) is 31.5. The Labute approximate surface area is 235 Å². The van der Waals surface area contributed by atoms with Gasteiger partial charge in [-0.15, -0.1) is 0 Å². The molecule has 0 aliphatic rings. The SMILES string of the molecule is CC[C@H](C(=O)NC(C)(C)C)N(Cc1ccc(Cl)cc1Cl)C(=O)CN(c1cc(OC)ccc1OC)S(C)(=O)=O. The van der Waals surface area contributed by atoms with Gasteiger partial charge in [-0.25, -0.2) is 8.42 Å². The second-order valence-corrected chi connectivity index (χ2v) is 12.5. The smallest absolute Gasteiger partial charge is 0.244 e. The zero-order valence-corrected chi connectivity index (χ0v) is 25.0. The van der Waals surface area contributed by atoms with Crippen molar-refractivity contribution < 1.29 is 27.5 Å². The molecule has 210 valence electrons. The second kappa shape index (κ2) is 12.9. The summed E-state index contributed by atoms with van der Waals surface area (Å²) in [5.74, 6) is -0.373. The minimum absolute atomic E-state index is 0.0439. The van der Waals surface area contributed by atoms with Crippen LogP contribution >= 0.6 is 23.2 Å². The van der Waals surface area contributed by atoms with E-state index in [1.165, 1.54) is 25.2 Å². The molecule has 0 aliphatic heterocycles. The number of sulfonamides is 1. The Hall–Kier alpha value is -2.69. The number of methoxy groups -OCH3 is 2. The van der Waals surface area contributed by atoms with Crippen molar-refractivity contribution in [3.63, 3.8) is 0 Å². The number of nitrogens with zero attached hydrogens (tertiary/aromatic N) is 2. The van der Waals surface area contributed by atoms with E-state index in [4.69, 9.17) is 32.7 Å². The fraction of sp³-hybridized carbons (Fsp3) is 0.462. The Morgan fingerprint density at radius 2 is 1.71 bits per heavy atom. The van der Waals surface area contributed by atoms with Crippen LogP contribution in [-0.4, -0.2) is 63.7 Å². The highest BCUT2D eigenvalue weighted by Gasteiger charge is 2.34. The van der Waals surface area contributed by atoms with Crippen LogP contribution in [0.3, 0.4) is 0 Å². The summed E-state index contributed by atoms with van der Waals surface area (Å²) in [6.07, 6.45) is 1.27. The Morgan fingerprint density at radius 1 is 1.05 bits per heavy atom. The predicted octanol–water partition coefficient (Wildman–Crippen LogP) is 4.50. The molecule has 0 heterocycles. The van der Waals surface area contributed by atoms with Gasteiger partial charge in [0.05, 0.1) is 26.2 Å². The van der Waals surface area contributed by atoms with Crippen molar-refractivity contribution in [2.45, 2.75) is 52.2 Å². The van der Waals surface area contributed by atoms with Crippen LogP contribution in [-0.2, 0) is 26.2 Å². The number of halogens is 2. The van der Waals surface area contributed by atoms with E-state index in [0.29, 0.717) is 21.4 Å². The summed E-state index contributed by atoms with van der Waals surface area (Å²) in [5.41, 5.74) is 0.125. The van der Waals surface area contributed by atoms with Gasteiger partial charge < -0.3 is 19.7 Å². The first-order chi connectivity index (χ1) is 17.6. The topological polar surface area (TPSA) is 105 Å². The highest BCUT2D eigenvalue weighted by molar-refractivity contribution is 7.92. The predicted molar refractivity (Wildman–Crippen MR) is 151 cm³/mol. The number of ether oxygens (including phenoxy) is 2. The molecular formula is C26H35Cl2N3O6S. The maximum Gasteiger partial charge on any atom is 0.244 e. The van der Waals surface area contributed by atoms with E-state index in [2.05, 4.69) is 5.32 Å². The van der Waals surface area contributed by atoms with Crippen LogP contribution in [0.25, 0.3) is 0 Å². The Kier molecular flexibility index (Phi) is 10.7. The third kappa shape index (κ3) is 8.41. The van der Waals surface area contributed by atoms with Gasteiger partial charge in [0.1, 0.15) is 24.1 Å². The number of nitrogens with one attached hydrogen (secondary N) is 1. The molecule has 0 saturated carbocycles. The fourth-order valence-electron chi connectivity index (χ4n) is 3.79. The number of hydrogen-bond acceptors (Lipinski definition) is 6. The number of carbonyl (C=O) groups excluding carboxylic acids is 2. The lowest BCUT2D eigenvalue weighted by atomic mass is 10.1. The van der Waals surface area contributed by atoms with E-state index in [9.17, 15) is 18.0 Å². The summed E-state index contributed by atoms with van der Waals surface area (Å²) in [5, 5.41) is 3.64. The highest BCUT2D eigenvalue weighted by Crippen LogP contribution is 2.34. The number of benzene rings is 2. The third-order valence-electron chi connectivity index (χ3n) is 5.57. The molecular weight excluding hydrogens is 553 g/mol. The third-order valence-corrected chi connectivity index (χ3v) is 7.29. The molecule has 0 saturated heterocycles. The van der Waals surface area contributed by atoms with Crippen LogP contribution < -0.4 is 19.1 Å². The average molecular weight is 589 g/mol. The van der Waals surface area contributed by atoms with Crippen LogP contribution in [0.5, 0.6) is 11.5 Å². The summed E-state index contributed by atoms with van der Waals surface area (Å²) < 4.78 is 37.4. The Morgan fingerprint density at radius 3 is 2.21 bits per heavy atom. The van der Waals surface area contributed by atoms with Crippen LogP contribution in [0, 0.1) is 0 Å². The Bertz CT molecular complexity index is 1260. The zero-order valence-electron chi connectivity index (χ0n) is 22.7. The van der Waals surface area contributed by atoms with Crippen molar-refractivity contribution >= 4 is 50.7 Å².